The highest BCUT2D eigenvalue weighted by Gasteiger charge is 2.12. The molecule has 0 aliphatic heterocycles. The number of furan rings is 1. The number of para-hydroxylation sites is 1. The van der Waals surface area contributed by atoms with Crippen LogP contribution in [0.1, 0.15) is 22.7 Å². The number of benzene rings is 1. The average molecular weight is 398 g/mol. The lowest BCUT2D eigenvalue weighted by Crippen LogP contribution is -2.29. The molecule has 0 aliphatic carbocycles. The molecule has 7 nitrogen and oxygen atoms in total. The summed E-state index contributed by atoms with van der Waals surface area (Å²) in [7, 11) is 2.03. The number of nitrogens with zero attached hydrogens (tertiary/aromatic N) is 2. The number of aromatic nitrogens is 1. The van der Waals surface area contributed by atoms with E-state index in [0.717, 1.165) is 18.7 Å². The first-order valence-electron chi connectivity index (χ1n) is 8.94. The molecule has 2 heterocycles. The number of rotatable bonds is 9. The van der Waals surface area contributed by atoms with E-state index >= 15 is 0 Å². The van der Waals surface area contributed by atoms with Crippen LogP contribution in [0.25, 0.3) is 0 Å². The van der Waals surface area contributed by atoms with Crippen LogP contribution in [0.3, 0.4) is 0 Å². The Hall–Kier alpha value is -3.13. The maximum Gasteiger partial charge on any atom is 0.293 e. The summed E-state index contributed by atoms with van der Waals surface area (Å²) in [6, 6.07) is 13.3. The molecule has 0 radical (unpaired) electrons. The Morgan fingerprint density at radius 2 is 2.00 bits per heavy atom. The second kappa shape index (κ2) is 9.70. The smallest absolute Gasteiger partial charge is 0.293 e. The highest BCUT2D eigenvalue weighted by Crippen LogP contribution is 2.17. The first kappa shape index (κ1) is 19.6. The molecular formula is C20H22N4O3S. The van der Waals surface area contributed by atoms with Crippen molar-refractivity contribution in [3.63, 3.8) is 0 Å². The predicted molar refractivity (Wildman–Crippen MR) is 110 cm³/mol. The van der Waals surface area contributed by atoms with Crippen LogP contribution in [0.5, 0.6) is 0 Å². The maximum atomic E-state index is 12.1. The zero-order valence-electron chi connectivity index (χ0n) is 15.6. The summed E-state index contributed by atoms with van der Waals surface area (Å²) in [6.07, 6.45) is 2.46. The van der Waals surface area contributed by atoms with Crippen molar-refractivity contribution in [1.29, 1.82) is 0 Å². The number of hydrogen-bond donors (Lipinski definition) is 2. The quantitative estimate of drug-likeness (QED) is 0.541. The van der Waals surface area contributed by atoms with Crippen molar-refractivity contribution in [1.82, 2.24) is 10.3 Å². The standard InChI is InChI=1S/C20H22N4O3S/c1-24(16-7-3-2-4-8-16)11-6-10-21-18(25)13-15-14-28-20(22-15)23-19(26)17-9-5-12-27-17/h2-5,7-9,12,14H,6,10-11,13H2,1H3,(H,21,25)(H,22,23,26). The van der Waals surface area contributed by atoms with Crippen molar-refractivity contribution < 1.29 is 14.0 Å². The summed E-state index contributed by atoms with van der Waals surface area (Å²) in [4.78, 5) is 30.4. The van der Waals surface area contributed by atoms with Crippen LogP contribution in [0.15, 0.2) is 58.5 Å². The van der Waals surface area contributed by atoms with E-state index in [1.54, 1.807) is 17.5 Å². The fraction of sp³-hybridized carbons (Fsp3) is 0.250. The summed E-state index contributed by atoms with van der Waals surface area (Å²) in [5.74, 6) is -0.232. The number of thiazole rings is 1. The van der Waals surface area contributed by atoms with Gasteiger partial charge in [-0.15, -0.1) is 11.3 Å². The SMILES string of the molecule is CN(CCCNC(=O)Cc1csc(NC(=O)c2ccco2)n1)c1ccccc1. The van der Waals surface area contributed by atoms with Crippen molar-refractivity contribution in [2.45, 2.75) is 12.8 Å². The van der Waals surface area contributed by atoms with Gasteiger partial charge in [-0.05, 0) is 30.7 Å². The lowest BCUT2D eigenvalue weighted by molar-refractivity contribution is -0.120. The Balaban J connectivity index is 1.37. The predicted octanol–water partition coefficient (Wildman–Crippen LogP) is 3.17. The van der Waals surface area contributed by atoms with Gasteiger partial charge in [0.25, 0.3) is 5.91 Å². The van der Waals surface area contributed by atoms with E-state index in [9.17, 15) is 9.59 Å². The Bertz CT molecular complexity index is 893. The molecule has 2 N–H and O–H groups in total. The van der Waals surface area contributed by atoms with Gasteiger partial charge in [0.1, 0.15) is 0 Å². The molecule has 0 spiro atoms. The molecule has 3 aromatic rings. The van der Waals surface area contributed by atoms with E-state index < -0.39 is 0 Å². The van der Waals surface area contributed by atoms with Crippen LogP contribution in [0.4, 0.5) is 10.8 Å². The molecule has 28 heavy (non-hydrogen) atoms. The number of anilines is 2. The third-order valence-electron chi connectivity index (χ3n) is 4.05. The van der Waals surface area contributed by atoms with Crippen LogP contribution in [-0.2, 0) is 11.2 Å². The summed E-state index contributed by atoms with van der Waals surface area (Å²) in [5, 5.41) is 7.77. The van der Waals surface area contributed by atoms with Crippen LogP contribution in [0, 0.1) is 0 Å². The first-order valence-corrected chi connectivity index (χ1v) is 9.82. The van der Waals surface area contributed by atoms with Gasteiger partial charge in [-0.3, -0.25) is 14.9 Å². The number of carbonyl (C=O) groups excluding carboxylic acids is 2. The van der Waals surface area contributed by atoms with E-state index in [1.165, 1.54) is 17.6 Å². The van der Waals surface area contributed by atoms with Gasteiger partial charge >= 0.3 is 0 Å². The summed E-state index contributed by atoms with van der Waals surface area (Å²) < 4.78 is 5.04. The van der Waals surface area contributed by atoms with Gasteiger partial charge in [0.05, 0.1) is 18.4 Å². The van der Waals surface area contributed by atoms with E-state index in [4.69, 9.17) is 4.42 Å². The van der Waals surface area contributed by atoms with Gasteiger partial charge in [0.15, 0.2) is 10.9 Å². The molecule has 1 aromatic carbocycles. The highest BCUT2D eigenvalue weighted by atomic mass is 32.1. The normalized spacial score (nSPS) is 10.5. The molecule has 0 atom stereocenters. The fourth-order valence-corrected chi connectivity index (χ4v) is 3.30. The Morgan fingerprint density at radius 1 is 1.18 bits per heavy atom. The van der Waals surface area contributed by atoms with Crippen LogP contribution >= 0.6 is 11.3 Å². The third kappa shape index (κ3) is 5.68. The van der Waals surface area contributed by atoms with Crippen LogP contribution < -0.4 is 15.5 Å². The summed E-state index contributed by atoms with van der Waals surface area (Å²) >= 11 is 1.28. The third-order valence-corrected chi connectivity index (χ3v) is 4.85. The molecule has 2 amide bonds. The fourth-order valence-electron chi connectivity index (χ4n) is 2.59. The number of carbonyl (C=O) groups is 2. The summed E-state index contributed by atoms with van der Waals surface area (Å²) in [5.41, 5.74) is 1.78. The second-order valence-electron chi connectivity index (χ2n) is 6.21. The minimum absolute atomic E-state index is 0.0865. The Kier molecular flexibility index (Phi) is 6.80. The van der Waals surface area contributed by atoms with Crippen molar-refractivity contribution in [3.8, 4) is 0 Å². The van der Waals surface area contributed by atoms with E-state index in [0.29, 0.717) is 17.4 Å². The van der Waals surface area contributed by atoms with Gasteiger partial charge in [0.2, 0.25) is 5.91 Å². The van der Waals surface area contributed by atoms with Gasteiger partial charge in [0, 0.05) is 31.2 Å². The molecule has 146 valence electrons. The lowest BCUT2D eigenvalue weighted by atomic mass is 10.3. The maximum absolute atomic E-state index is 12.1. The van der Waals surface area contributed by atoms with Crippen molar-refractivity contribution in [2.75, 3.05) is 30.4 Å². The van der Waals surface area contributed by atoms with Crippen molar-refractivity contribution >= 4 is 34.0 Å². The topological polar surface area (TPSA) is 87.5 Å². The molecule has 2 aromatic heterocycles. The van der Waals surface area contributed by atoms with Gasteiger partial charge < -0.3 is 14.6 Å². The Labute approximate surface area is 167 Å². The number of amides is 2. The molecule has 0 bridgehead atoms. The minimum atomic E-state index is -0.363. The zero-order chi connectivity index (χ0) is 19.8. The van der Waals surface area contributed by atoms with Gasteiger partial charge in [-0.1, -0.05) is 18.2 Å². The van der Waals surface area contributed by atoms with Gasteiger partial charge in [-0.25, -0.2) is 4.98 Å². The highest BCUT2D eigenvalue weighted by molar-refractivity contribution is 7.14. The average Bonchev–Trinajstić information content (AvgIpc) is 3.38. The van der Waals surface area contributed by atoms with Crippen LogP contribution in [0.2, 0.25) is 0 Å². The molecule has 8 heteroatoms. The molecule has 0 fully saturated rings. The largest absolute Gasteiger partial charge is 0.459 e. The van der Waals surface area contributed by atoms with Crippen LogP contribution in [-0.4, -0.2) is 36.9 Å². The van der Waals surface area contributed by atoms with Gasteiger partial charge in [-0.2, -0.15) is 0 Å². The lowest BCUT2D eigenvalue weighted by Gasteiger charge is -2.19. The molecule has 0 saturated heterocycles. The van der Waals surface area contributed by atoms with E-state index in [1.807, 2.05) is 25.2 Å². The molecule has 0 aliphatic rings. The first-order chi connectivity index (χ1) is 13.6. The van der Waals surface area contributed by atoms with E-state index in [-0.39, 0.29) is 24.0 Å². The monoisotopic (exact) mass is 398 g/mol. The number of hydrogen-bond acceptors (Lipinski definition) is 6. The minimum Gasteiger partial charge on any atom is -0.459 e. The van der Waals surface area contributed by atoms with E-state index in [2.05, 4.69) is 32.7 Å². The number of nitrogens with one attached hydrogen (secondary N) is 2. The second-order valence-corrected chi connectivity index (χ2v) is 7.07. The zero-order valence-corrected chi connectivity index (χ0v) is 16.4. The summed E-state index contributed by atoms with van der Waals surface area (Å²) in [6.45, 7) is 1.45. The molecule has 3 rings (SSSR count). The molecule has 0 unspecified atom stereocenters. The molecule has 0 saturated carbocycles. The van der Waals surface area contributed by atoms with Crippen molar-refractivity contribution in [2.24, 2.45) is 0 Å². The Morgan fingerprint density at radius 3 is 2.75 bits per heavy atom. The molecular weight excluding hydrogens is 376 g/mol. The van der Waals surface area contributed by atoms with Crippen molar-refractivity contribution in [3.05, 3.63) is 65.6 Å².